The van der Waals surface area contributed by atoms with Gasteiger partial charge in [-0.05, 0) is 55.3 Å². The van der Waals surface area contributed by atoms with Crippen LogP contribution in [0.3, 0.4) is 0 Å². The van der Waals surface area contributed by atoms with Gasteiger partial charge in [-0.3, -0.25) is 0 Å². The fraction of sp³-hybridized carbons (Fsp3) is 0.318. The molecule has 0 aliphatic rings. The Kier molecular flexibility index (Phi) is 6.85. The van der Waals surface area contributed by atoms with E-state index < -0.39 is 0 Å². The van der Waals surface area contributed by atoms with Crippen LogP contribution in [0, 0.1) is 0 Å². The van der Waals surface area contributed by atoms with E-state index in [2.05, 4.69) is 52.0 Å². The zero-order valence-corrected chi connectivity index (χ0v) is 15.4. The van der Waals surface area contributed by atoms with E-state index in [4.69, 9.17) is 4.74 Å². The highest BCUT2D eigenvalue weighted by Gasteiger charge is 2.08. The quantitative estimate of drug-likeness (QED) is 0.525. The Hall–Kier alpha value is -2.59. The number of nitrogens with one attached hydrogen (secondary N) is 2. The number of hydrogen-bond acceptors (Lipinski definition) is 4. The van der Waals surface area contributed by atoms with Crippen LogP contribution < -0.4 is 15.4 Å². The van der Waals surface area contributed by atoms with Gasteiger partial charge in [-0.1, -0.05) is 36.4 Å². The van der Waals surface area contributed by atoms with Crippen LogP contribution in [-0.4, -0.2) is 24.7 Å². The maximum Gasteiger partial charge on any atom is 0.125 e. The van der Waals surface area contributed by atoms with Crippen LogP contribution in [0.2, 0.25) is 0 Å². The standard InChI is InChI=1S/C22H27N3O/c1-2-26-21-13-12-18-9-3-4-10-19(18)20(21)17-23-14-7-8-16-25-22-11-5-6-15-24-22/h3-6,9-13,15,23H,2,7-8,14,16-17H2,1H3,(H,24,25). The van der Waals surface area contributed by atoms with E-state index in [0.717, 1.165) is 44.0 Å². The Morgan fingerprint density at radius 2 is 1.77 bits per heavy atom. The van der Waals surface area contributed by atoms with Crippen molar-refractivity contribution in [3.8, 4) is 5.75 Å². The zero-order valence-electron chi connectivity index (χ0n) is 15.4. The number of aromatic nitrogens is 1. The minimum absolute atomic E-state index is 0.685. The molecule has 0 atom stereocenters. The summed E-state index contributed by atoms with van der Waals surface area (Å²) in [4.78, 5) is 4.27. The van der Waals surface area contributed by atoms with E-state index >= 15 is 0 Å². The van der Waals surface area contributed by atoms with Gasteiger partial charge in [0.15, 0.2) is 0 Å². The Morgan fingerprint density at radius 1 is 0.923 bits per heavy atom. The van der Waals surface area contributed by atoms with Gasteiger partial charge in [0.25, 0.3) is 0 Å². The first-order chi connectivity index (χ1) is 12.9. The lowest BCUT2D eigenvalue weighted by Crippen LogP contribution is -2.17. The van der Waals surface area contributed by atoms with Crippen molar-refractivity contribution in [3.63, 3.8) is 0 Å². The Bertz CT molecular complexity index is 805. The molecule has 0 saturated carbocycles. The van der Waals surface area contributed by atoms with Gasteiger partial charge in [0.1, 0.15) is 11.6 Å². The summed E-state index contributed by atoms with van der Waals surface area (Å²) in [7, 11) is 0. The van der Waals surface area contributed by atoms with Crippen molar-refractivity contribution in [1.29, 1.82) is 0 Å². The summed E-state index contributed by atoms with van der Waals surface area (Å²) < 4.78 is 5.83. The molecule has 1 heterocycles. The van der Waals surface area contributed by atoms with Gasteiger partial charge in [0.2, 0.25) is 0 Å². The van der Waals surface area contributed by atoms with Crippen LogP contribution in [0.1, 0.15) is 25.3 Å². The molecule has 0 bridgehead atoms. The largest absolute Gasteiger partial charge is 0.494 e. The number of pyridine rings is 1. The maximum atomic E-state index is 5.83. The summed E-state index contributed by atoms with van der Waals surface area (Å²) in [6.45, 7) is 5.46. The van der Waals surface area contributed by atoms with Crippen molar-refractivity contribution in [2.45, 2.75) is 26.3 Å². The summed E-state index contributed by atoms with van der Waals surface area (Å²) in [5, 5.41) is 9.44. The number of ether oxygens (including phenoxy) is 1. The third-order valence-electron chi connectivity index (χ3n) is 4.35. The van der Waals surface area contributed by atoms with Crippen LogP contribution in [0.25, 0.3) is 10.8 Å². The van der Waals surface area contributed by atoms with Gasteiger partial charge in [-0.2, -0.15) is 0 Å². The third-order valence-corrected chi connectivity index (χ3v) is 4.35. The summed E-state index contributed by atoms with van der Waals surface area (Å²) >= 11 is 0. The smallest absolute Gasteiger partial charge is 0.125 e. The van der Waals surface area contributed by atoms with E-state index in [-0.39, 0.29) is 0 Å². The number of anilines is 1. The van der Waals surface area contributed by atoms with Gasteiger partial charge >= 0.3 is 0 Å². The molecule has 0 unspecified atom stereocenters. The lowest BCUT2D eigenvalue weighted by molar-refractivity contribution is 0.336. The monoisotopic (exact) mass is 349 g/mol. The molecule has 0 fully saturated rings. The van der Waals surface area contributed by atoms with Gasteiger partial charge in [-0.25, -0.2) is 4.98 Å². The average Bonchev–Trinajstić information content (AvgIpc) is 2.69. The van der Waals surface area contributed by atoms with E-state index in [9.17, 15) is 0 Å². The fourth-order valence-corrected chi connectivity index (χ4v) is 3.06. The normalized spacial score (nSPS) is 10.8. The molecule has 0 saturated heterocycles. The Morgan fingerprint density at radius 3 is 2.62 bits per heavy atom. The first-order valence-electron chi connectivity index (χ1n) is 9.37. The molecular weight excluding hydrogens is 322 g/mol. The average molecular weight is 349 g/mol. The number of benzene rings is 2. The van der Waals surface area contributed by atoms with Crippen molar-refractivity contribution < 1.29 is 4.74 Å². The van der Waals surface area contributed by atoms with Crippen molar-refractivity contribution in [1.82, 2.24) is 10.3 Å². The van der Waals surface area contributed by atoms with Crippen LogP contribution in [-0.2, 0) is 6.54 Å². The van der Waals surface area contributed by atoms with E-state index in [1.165, 1.54) is 16.3 Å². The SMILES string of the molecule is CCOc1ccc2ccccc2c1CNCCCCNc1ccccn1. The minimum Gasteiger partial charge on any atom is -0.494 e. The Labute approximate surface area is 155 Å². The van der Waals surface area contributed by atoms with Crippen LogP contribution in [0.5, 0.6) is 5.75 Å². The molecule has 0 aliphatic carbocycles. The molecule has 2 N–H and O–H groups in total. The first kappa shape index (κ1) is 18.2. The fourth-order valence-electron chi connectivity index (χ4n) is 3.06. The van der Waals surface area contributed by atoms with Gasteiger partial charge in [0.05, 0.1) is 6.61 Å². The molecule has 4 nitrogen and oxygen atoms in total. The predicted molar refractivity (Wildman–Crippen MR) is 109 cm³/mol. The predicted octanol–water partition coefficient (Wildman–Crippen LogP) is 4.62. The summed E-state index contributed by atoms with van der Waals surface area (Å²) in [5.74, 6) is 1.92. The molecule has 0 radical (unpaired) electrons. The van der Waals surface area contributed by atoms with E-state index in [1.54, 1.807) is 0 Å². The topological polar surface area (TPSA) is 46.2 Å². The summed E-state index contributed by atoms with van der Waals surface area (Å²) in [6, 6.07) is 18.6. The van der Waals surface area contributed by atoms with Crippen LogP contribution in [0.4, 0.5) is 5.82 Å². The second-order valence-electron chi connectivity index (χ2n) is 6.22. The highest BCUT2D eigenvalue weighted by molar-refractivity contribution is 5.87. The lowest BCUT2D eigenvalue weighted by atomic mass is 10.0. The second-order valence-corrected chi connectivity index (χ2v) is 6.22. The molecule has 1 aromatic heterocycles. The lowest BCUT2D eigenvalue weighted by Gasteiger charge is -2.14. The molecule has 2 aromatic carbocycles. The number of hydrogen-bond donors (Lipinski definition) is 2. The number of unbranched alkanes of at least 4 members (excludes halogenated alkanes) is 1. The van der Waals surface area contributed by atoms with Crippen molar-refractivity contribution in [3.05, 3.63) is 66.4 Å². The molecule has 3 rings (SSSR count). The molecular formula is C22H27N3O. The molecule has 3 aromatic rings. The van der Waals surface area contributed by atoms with Crippen molar-refractivity contribution in [2.75, 3.05) is 25.0 Å². The molecule has 136 valence electrons. The number of fused-ring (bicyclic) bond motifs is 1. The molecule has 4 heteroatoms. The van der Waals surface area contributed by atoms with Crippen molar-refractivity contribution >= 4 is 16.6 Å². The van der Waals surface area contributed by atoms with Crippen molar-refractivity contribution in [2.24, 2.45) is 0 Å². The van der Waals surface area contributed by atoms with Gasteiger partial charge in [0, 0.05) is 24.8 Å². The third kappa shape index (κ3) is 4.96. The van der Waals surface area contributed by atoms with Gasteiger partial charge in [-0.15, -0.1) is 0 Å². The molecule has 26 heavy (non-hydrogen) atoms. The number of rotatable bonds is 10. The molecule has 0 aliphatic heterocycles. The van der Waals surface area contributed by atoms with E-state index in [1.807, 2.05) is 31.3 Å². The van der Waals surface area contributed by atoms with Crippen LogP contribution >= 0.6 is 0 Å². The highest BCUT2D eigenvalue weighted by atomic mass is 16.5. The summed E-state index contributed by atoms with van der Waals surface area (Å²) in [6.07, 6.45) is 4.04. The van der Waals surface area contributed by atoms with Crippen LogP contribution in [0.15, 0.2) is 60.8 Å². The molecule has 0 spiro atoms. The molecule has 0 amide bonds. The number of nitrogens with zero attached hydrogens (tertiary/aromatic N) is 1. The van der Waals surface area contributed by atoms with Gasteiger partial charge < -0.3 is 15.4 Å². The maximum absolute atomic E-state index is 5.83. The first-order valence-corrected chi connectivity index (χ1v) is 9.37. The van der Waals surface area contributed by atoms with E-state index in [0.29, 0.717) is 6.61 Å². The Balaban J connectivity index is 1.47. The highest BCUT2D eigenvalue weighted by Crippen LogP contribution is 2.28. The zero-order chi connectivity index (χ0) is 18.0. The summed E-state index contributed by atoms with van der Waals surface area (Å²) in [5.41, 5.74) is 1.25. The minimum atomic E-state index is 0.685. The second kappa shape index (κ2) is 9.78.